The number of nitrogens with one attached hydrogen (secondary N) is 1. The van der Waals surface area contributed by atoms with E-state index in [-0.39, 0.29) is 5.92 Å². The molecular weight excluding hydrogens is 272 g/mol. The van der Waals surface area contributed by atoms with Gasteiger partial charge in [0.2, 0.25) is 12.2 Å². The Labute approximate surface area is 126 Å². The summed E-state index contributed by atoms with van der Waals surface area (Å²) in [4.78, 5) is 34.8. The number of hydrogen-bond acceptors (Lipinski definition) is 5. The summed E-state index contributed by atoms with van der Waals surface area (Å²) < 4.78 is 0. The average Bonchev–Trinajstić information content (AvgIpc) is 2.45. The van der Waals surface area contributed by atoms with Crippen molar-refractivity contribution in [3.63, 3.8) is 0 Å². The van der Waals surface area contributed by atoms with Gasteiger partial charge in [-0.15, -0.1) is 0 Å². The summed E-state index contributed by atoms with van der Waals surface area (Å²) in [6.07, 6.45) is 3.86. The molecule has 0 aliphatic heterocycles. The Morgan fingerprint density at radius 2 is 1.86 bits per heavy atom. The Hall–Kier alpha value is -1.47. The lowest BCUT2D eigenvalue weighted by atomic mass is 10.0. The zero-order chi connectivity index (χ0) is 16.6. The maximum Gasteiger partial charge on any atom is 0.259 e. The quantitative estimate of drug-likeness (QED) is 0.311. The first-order valence-corrected chi connectivity index (χ1v) is 7.27. The van der Waals surface area contributed by atoms with E-state index in [0.717, 1.165) is 17.9 Å². The fraction of sp³-hybridized carbons (Fsp3) is 0.786. The molecule has 0 aliphatic rings. The van der Waals surface area contributed by atoms with Gasteiger partial charge in [-0.25, -0.2) is 5.84 Å². The number of hydrogen-bond donors (Lipinski definition) is 3. The van der Waals surface area contributed by atoms with E-state index in [4.69, 9.17) is 11.6 Å². The van der Waals surface area contributed by atoms with Crippen LogP contribution in [-0.2, 0) is 14.4 Å². The average molecular weight is 299 g/mol. The van der Waals surface area contributed by atoms with Gasteiger partial charge in [0.15, 0.2) is 0 Å². The molecule has 0 saturated carbocycles. The molecule has 7 nitrogen and oxygen atoms in total. The van der Waals surface area contributed by atoms with Gasteiger partial charge in [-0.3, -0.25) is 19.4 Å². The molecule has 121 valence electrons. The van der Waals surface area contributed by atoms with Crippen LogP contribution in [0.1, 0.15) is 47.0 Å². The van der Waals surface area contributed by atoms with Gasteiger partial charge in [0.1, 0.15) is 12.1 Å². The van der Waals surface area contributed by atoms with Gasteiger partial charge < -0.3 is 11.1 Å². The summed E-state index contributed by atoms with van der Waals surface area (Å²) in [5.74, 6) is 4.67. The minimum Gasteiger partial charge on any atom is -0.343 e. The molecule has 0 aromatic heterocycles. The first-order valence-electron chi connectivity index (χ1n) is 7.27. The Bertz CT molecular complexity index is 360. The molecule has 0 aromatic carbocycles. The van der Waals surface area contributed by atoms with Gasteiger partial charge in [-0.1, -0.05) is 33.6 Å². The first kappa shape index (κ1) is 19.5. The minimum atomic E-state index is -0.843. The normalized spacial score (nSPS) is 15.2. The van der Waals surface area contributed by atoms with Crippen molar-refractivity contribution < 1.29 is 14.4 Å². The lowest BCUT2D eigenvalue weighted by Gasteiger charge is -2.26. The van der Waals surface area contributed by atoms with Crippen molar-refractivity contribution in [2.24, 2.45) is 17.5 Å². The van der Waals surface area contributed by atoms with Crippen LogP contribution in [0.15, 0.2) is 0 Å². The van der Waals surface area contributed by atoms with Crippen molar-refractivity contribution >= 4 is 18.1 Å². The van der Waals surface area contributed by atoms with Gasteiger partial charge in [-0.05, 0) is 19.3 Å². The summed E-state index contributed by atoms with van der Waals surface area (Å²) in [6, 6.07) is -2.33. The van der Waals surface area contributed by atoms with Gasteiger partial charge in [-0.2, -0.15) is 0 Å². The molecule has 0 aromatic rings. The van der Waals surface area contributed by atoms with E-state index in [1.807, 2.05) is 20.8 Å². The van der Waals surface area contributed by atoms with Crippen molar-refractivity contribution in [1.82, 2.24) is 10.3 Å². The van der Waals surface area contributed by atoms with Crippen molar-refractivity contribution in [2.75, 3.05) is 0 Å². The Kier molecular flexibility index (Phi) is 8.80. The molecule has 3 atom stereocenters. The largest absolute Gasteiger partial charge is 0.343 e. The fourth-order valence-corrected chi connectivity index (χ4v) is 1.70. The zero-order valence-corrected chi connectivity index (χ0v) is 13.3. The highest BCUT2D eigenvalue weighted by Gasteiger charge is 2.28. The van der Waals surface area contributed by atoms with Crippen LogP contribution < -0.4 is 16.9 Å². The van der Waals surface area contributed by atoms with Gasteiger partial charge in [0, 0.05) is 0 Å². The van der Waals surface area contributed by atoms with E-state index in [9.17, 15) is 14.4 Å². The molecule has 0 bridgehead atoms. The van der Waals surface area contributed by atoms with Crippen LogP contribution in [0.25, 0.3) is 0 Å². The molecule has 0 heterocycles. The molecule has 1 radical (unpaired) electrons. The van der Waals surface area contributed by atoms with Crippen LogP contribution in [0.5, 0.6) is 0 Å². The highest BCUT2D eigenvalue weighted by atomic mass is 16.2. The number of nitrogens with zero attached hydrogens (tertiary/aromatic N) is 1. The van der Waals surface area contributed by atoms with Crippen molar-refractivity contribution in [1.29, 1.82) is 0 Å². The van der Waals surface area contributed by atoms with Gasteiger partial charge in [0.25, 0.3) is 5.91 Å². The second-order valence-electron chi connectivity index (χ2n) is 5.52. The number of carbonyl (C=O) groups is 2. The Morgan fingerprint density at radius 3 is 2.29 bits per heavy atom. The third-order valence-electron chi connectivity index (χ3n) is 3.31. The third-order valence-corrected chi connectivity index (χ3v) is 3.31. The van der Waals surface area contributed by atoms with Crippen molar-refractivity contribution in [3.05, 3.63) is 0 Å². The predicted octanol–water partition coefficient (Wildman–Crippen LogP) is -0.155. The molecule has 5 N–H and O–H groups in total. The topological polar surface area (TPSA) is 119 Å². The SMILES string of the molecule is CCCC[C@@H]([C]=O)N(N)C(=O)[C@H](C)NC(=O)[C@@H](N)C(C)C. The molecule has 0 spiro atoms. The molecule has 0 saturated heterocycles. The molecule has 0 rings (SSSR count). The number of unbranched alkanes of at least 4 members (excludes halogenated alkanes) is 1. The van der Waals surface area contributed by atoms with Gasteiger partial charge >= 0.3 is 0 Å². The monoisotopic (exact) mass is 299 g/mol. The lowest BCUT2D eigenvalue weighted by molar-refractivity contribution is -0.137. The van der Waals surface area contributed by atoms with E-state index in [2.05, 4.69) is 5.32 Å². The molecule has 7 heteroatoms. The molecule has 0 fully saturated rings. The molecule has 2 amide bonds. The number of rotatable bonds is 9. The summed E-state index contributed by atoms with van der Waals surface area (Å²) >= 11 is 0. The van der Waals surface area contributed by atoms with Crippen LogP contribution in [0, 0.1) is 5.92 Å². The predicted molar refractivity (Wildman–Crippen MR) is 80.5 cm³/mol. The van der Waals surface area contributed by atoms with Crippen LogP contribution >= 0.6 is 0 Å². The smallest absolute Gasteiger partial charge is 0.259 e. The third kappa shape index (κ3) is 6.22. The number of amides is 2. The zero-order valence-electron chi connectivity index (χ0n) is 13.3. The highest BCUT2D eigenvalue weighted by Crippen LogP contribution is 2.06. The van der Waals surface area contributed by atoms with E-state index in [1.165, 1.54) is 6.92 Å². The van der Waals surface area contributed by atoms with Crippen molar-refractivity contribution in [3.8, 4) is 0 Å². The molecule has 0 aliphatic carbocycles. The summed E-state index contributed by atoms with van der Waals surface area (Å²) in [6.45, 7) is 7.11. The maximum atomic E-state index is 12.1. The second kappa shape index (κ2) is 9.46. The maximum absolute atomic E-state index is 12.1. The summed E-state index contributed by atoms with van der Waals surface area (Å²) in [5, 5.41) is 3.35. The van der Waals surface area contributed by atoms with Crippen LogP contribution in [-0.4, -0.2) is 41.2 Å². The molecule has 0 unspecified atom stereocenters. The van der Waals surface area contributed by atoms with Crippen LogP contribution in [0.3, 0.4) is 0 Å². The van der Waals surface area contributed by atoms with E-state index < -0.39 is 29.9 Å². The minimum absolute atomic E-state index is 0.0399. The van der Waals surface area contributed by atoms with E-state index in [1.54, 1.807) is 6.29 Å². The molecule has 21 heavy (non-hydrogen) atoms. The van der Waals surface area contributed by atoms with Crippen molar-refractivity contribution in [2.45, 2.75) is 65.1 Å². The summed E-state index contributed by atoms with van der Waals surface area (Å²) in [7, 11) is 0. The van der Waals surface area contributed by atoms with Crippen LogP contribution in [0.4, 0.5) is 0 Å². The second-order valence-corrected chi connectivity index (χ2v) is 5.52. The summed E-state index contributed by atoms with van der Waals surface area (Å²) in [5.41, 5.74) is 5.71. The van der Waals surface area contributed by atoms with Gasteiger partial charge in [0.05, 0.1) is 6.04 Å². The Balaban J connectivity index is 4.61. The first-order chi connectivity index (χ1) is 9.76. The fourth-order valence-electron chi connectivity index (χ4n) is 1.70. The standard InChI is InChI=1S/C14H27N4O3/c1-5-6-7-11(8-19)18(16)14(21)10(4)17-13(20)12(15)9(2)3/h9-12H,5-7,15-16H2,1-4H3,(H,17,20)/t10-,11-,12-/m0/s1. The van der Waals surface area contributed by atoms with Crippen LogP contribution in [0.2, 0.25) is 0 Å². The van der Waals surface area contributed by atoms with E-state index in [0.29, 0.717) is 6.42 Å². The Morgan fingerprint density at radius 1 is 1.29 bits per heavy atom. The number of hydrazine groups is 1. The molecular formula is C14H27N4O3. The van der Waals surface area contributed by atoms with E-state index >= 15 is 0 Å². The highest BCUT2D eigenvalue weighted by molar-refractivity contribution is 5.90. The number of carbonyl (C=O) groups excluding carboxylic acids is 3. The number of nitrogens with two attached hydrogens (primary N) is 2. The lowest BCUT2D eigenvalue weighted by Crippen LogP contribution is -2.56.